The zero-order chi connectivity index (χ0) is 18.5. The van der Waals surface area contributed by atoms with E-state index in [1.54, 1.807) is 11.3 Å². The molecule has 0 aliphatic carbocycles. The smallest absolute Gasteiger partial charge is 0.0633 e. The number of para-hydroxylation sites is 1. The van der Waals surface area contributed by atoms with Gasteiger partial charge in [-0.2, -0.15) is 0 Å². The van der Waals surface area contributed by atoms with E-state index in [4.69, 9.17) is 9.98 Å². The molecule has 0 aliphatic rings. The van der Waals surface area contributed by atoms with Gasteiger partial charge in [-0.25, -0.2) is 0 Å². The number of benzene rings is 2. The number of hydrogen-bond acceptors (Lipinski definition) is 3. The normalized spacial score (nSPS) is 12.7. The third kappa shape index (κ3) is 4.55. The molecule has 0 N–H and O–H groups in total. The summed E-state index contributed by atoms with van der Waals surface area (Å²) in [6.45, 7) is 8.53. The van der Waals surface area contributed by atoms with Gasteiger partial charge in [0.1, 0.15) is 0 Å². The first kappa shape index (κ1) is 18.3. The minimum absolute atomic E-state index is 0.542. The molecule has 0 atom stereocenters. The zero-order valence-electron chi connectivity index (χ0n) is 15.7. The van der Waals surface area contributed by atoms with Crippen LogP contribution in [0.2, 0.25) is 0 Å². The van der Waals surface area contributed by atoms with Crippen LogP contribution in [0.15, 0.2) is 76.7 Å². The van der Waals surface area contributed by atoms with Crippen LogP contribution in [0.1, 0.15) is 48.9 Å². The van der Waals surface area contributed by atoms with Crippen LogP contribution in [0.25, 0.3) is 0 Å². The van der Waals surface area contributed by atoms with E-state index in [-0.39, 0.29) is 0 Å². The van der Waals surface area contributed by atoms with Gasteiger partial charge < -0.3 is 0 Å². The molecular formula is C23H24N2S. The molecule has 0 fully saturated rings. The maximum Gasteiger partial charge on any atom is 0.0633 e. The van der Waals surface area contributed by atoms with Crippen molar-refractivity contribution < 1.29 is 0 Å². The van der Waals surface area contributed by atoms with E-state index >= 15 is 0 Å². The van der Waals surface area contributed by atoms with Gasteiger partial charge in [0.05, 0.1) is 22.8 Å². The lowest BCUT2D eigenvalue weighted by molar-refractivity contribution is 0.867. The molecule has 0 unspecified atom stereocenters. The predicted molar refractivity (Wildman–Crippen MR) is 115 cm³/mol. The van der Waals surface area contributed by atoms with Gasteiger partial charge in [0.2, 0.25) is 0 Å². The first-order valence-electron chi connectivity index (χ1n) is 8.89. The summed E-state index contributed by atoms with van der Waals surface area (Å²) in [7, 11) is 0. The van der Waals surface area contributed by atoms with Crippen molar-refractivity contribution in [2.45, 2.75) is 33.6 Å². The van der Waals surface area contributed by atoms with Crippen LogP contribution in [0.4, 0.5) is 11.4 Å². The van der Waals surface area contributed by atoms with E-state index in [2.05, 4.69) is 64.1 Å². The van der Waals surface area contributed by atoms with Crippen molar-refractivity contribution in [1.29, 1.82) is 0 Å². The van der Waals surface area contributed by atoms with Crippen molar-refractivity contribution in [2.75, 3.05) is 0 Å². The molecule has 2 aromatic carbocycles. The van der Waals surface area contributed by atoms with E-state index < -0.39 is 0 Å². The summed E-state index contributed by atoms with van der Waals surface area (Å²) in [4.78, 5) is 11.8. The van der Waals surface area contributed by atoms with Crippen LogP contribution in [-0.2, 0) is 0 Å². The Kier molecular flexibility index (Phi) is 5.79. The number of thiophene rings is 1. The summed E-state index contributed by atoms with van der Waals surface area (Å²) >= 11 is 1.73. The molecule has 1 aromatic heterocycles. The summed E-state index contributed by atoms with van der Waals surface area (Å²) in [6.07, 6.45) is 0. The van der Waals surface area contributed by atoms with Crippen LogP contribution in [0, 0.1) is 0 Å². The lowest BCUT2D eigenvalue weighted by Crippen LogP contribution is -1.91. The lowest BCUT2D eigenvalue weighted by atomic mass is 10.0. The van der Waals surface area contributed by atoms with Crippen molar-refractivity contribution in [3.63, 3.8) is 0 Å². The zero-order valence-corrected chi connectivity index (χ0v) is 16.5. The van der Waals surface area contributed by atoms with Crippen molar-refractivity contribution >= 4 is 34.1 Å². The highest BCUT2D eigenvalue weighted by molar-refractivity contribution is 7.16. The van der Waals surface area contributed by atoms with Crippen LogP contribution >= 0.6 is 11.3 Å². The van der Waals surface area contributed by atoms with E-state index in [0.29, 0.717) is 5.92 Å². The summed E-state index contributed by atoms with van der Waals surface area (Å²) < 4.78 is 0. The third-order valence-corrected chi connectivity index (χ3v) is 5.53. The first-order valence-corrected chi connectivity index (χ1v) is 9.71. The Morgan fingerprint density at radius 2 is 1.19 bits per heavy atom. The highest BCUT2D eigenvalue weighted by Gasteiger charge is 2.06. The molecule has 0 spiro atoms. The van der Waals surface area contributed by atoms with Crippen LogP contribution in [0.3, 0.4) is 0 Å². The molecule has 132 valence electrons. The van der Waals surface area contributed by atoms with Gasteiger partial charge in [0, 0.05) is 9.75 Å². The number of nitrogens with zero attached hydrogens (tertiary/aromatic N) is 2. The van der Waals surface area contributed by atoms with Gasteiger partial charge in [-0.3, -0.25) is 9.98 Å². The Hall–Kier alpha value is -2.52. The molecule has 2 nitrogen and oxygen atoms in total. The van der Waals surface area contributed by atoms with Crippen LogP contribution in [-0.4, -0.2) is 11.4 Å². The molecule has 0 saturated carbocycles. The number of rotatable bonds is 5. The molecule has 0 radical (unpaired) electrons. The quantitative estimate of drug-likeness (QED) is 0.431. The highest BCUT2D eigenvalue weighted by Crippen LogP contribution is 2.24. The van der Waals surface area contributed by atoms with Crippen molar-refractivity contribution in [3.8, 4) is 0 Å². The first-order chi connectivity index (χ1) is 12.5. The summed E-state index contributed by atoms with van der Waals surface area (Å²) in [5.74, 6) is 0.542. The second-order valence-electron chi connectivity index (χ2n) is 6.64. The van der Waals surface area contributed by atoms with Gasteiger partial charge >= 0.3 is 0 Å². The topological polar surface area (TPSA) is 24.7 Å². The van der Waals surface area contributed by atoms with E-state index in [9.17, 15) is 0 Å². The fourth-order valence-corrected chi connectivity index (χ4v) is 3.56. The van der Waals surface area contributed by atoms with Crippen molar-refractivity contribution in [3.05, 3.63) is 82.0 Å². The maximum atomic E-state index is 4.77. The highest BCUT2D eigenvalue weighted by atomic mass is 32.1. The lowest BCUT2D eigenvalue weighted by Gasteiger charge is -2.05. The largest absolute Gasteiger partial charge is 0.252 e. The van der Waals surface area contributed by atoms with Gasteiger partial charge in [-0.1, -0.05) is 44.2 Å². The maximum absolute atomic E-state index is 4.77. The molecule has 3 rings (SSSR count). The van der Waals surface area contributed by atoms with Crippen LogP contribution < -0.4 is 0 Å². The fraction of sp³-hybridized carbons (Fsp3) is 0.217. The van der Waals surface area contributed by atoms with E-state index in [1.807, 2.05) is 30.3 Å². The standard InChI is InChI=1S/C23H24N2S/c1-16(2)19-10-12-21(13-11-19)25-18(4)23-15-14-22(26-23)17(3)24-20-8-6-5-7-9-20/h5-16H,1-4H3. The molecule has 3 aromatic rings. The Morgan fingerprint density at radius 3 is 1.69 bits per heavy atom. The fourth-order valence-electron chi connectivity index (χ4n) is 2.66. The molecule has 0 amide bonds. The Balaban J connectivity index is 1.79. The van der Waals surface area contributed by atoms with E-state index in [0.717, 1.165) is 22.8 Å². The molecule has 1 heterocycles. The minimum Gasteiger partial charge on any atom is -0.252 e. The van der Waals surface area contributed by atoms with Crippen molar-refractivity contribution in [2.24, 2.45) is 9.98 Å². The Morgan fingerprint density at radius 1 is 0.692 bits per heavy atom. The number of hydrogen-bond donors (Lipinski definition) is 0. The molecular weight excluding hydrogens is 336 g/mol. The SMILES string of the molecule is CC(=Nc1ccccc1)c1ccc(C(C)=Nc2ccc(C(C)C)cc2)s1. The van der Waals surface area contributed by atoms with E-state index in [1.165, 1.54) is 15.3 Å². The minimum atomic E-state index is 0.542. The average molecular weight is 361 g/mol. The number of aliphatic imine (C=N–C) groups is 2. The second-order valence-corrected chi connectivity index (χ2v) is 7.72. The monoisotopic (exact) mass is 360 g/mol. The summed E-state index contributed by atoms with van der Waals surface area (Å²) in [5.41, 5.74) is 5.38. The molecule has 3 heteroatoms. The third-order valence-electron chi connectivity index (χ3n) is 4.23. The predicted octanol–water partition coefficient (Wildman–Crippen LogP) is 7.15. The van der Waals surface area contributed by atoms with Gasteiger partial charge in [0.25, 0.3) is 0 Å². The second kappa shape index (κ2) is 8.24. The Labute approximate surface area is 160 Å². The molecule has 26 heavy (non-hydrogen) atoms. The van der Waals surface area contributed by atoms with Crippen LogP contribution in [0.5, 0.6) is 0 Å². The van der Waals surface area contributed by atoms with Crippen molar-refractivity contribution in [1.82, 2.24) is 0 Å². The molecule has 0 aliphatic heterocycles. The Bertz CT molecular complexity index is 916. The average Bonchev–Trinajstić information content (AvgIpc) is 3.13. The van der Waals surface area contributed by atoms with Gasteiger partial charge in [-0.05, 0) is 61.7 Å². The summed E-state index contributed by atoms with van der Waals surface area (Å²) in [5, 5.41) is 0. The molecule has 0 bridgehead atoms. The van der Waals surface area contributed by atoms with Gasteiger partial charge in [0.15, 0.2) is 0 Å². The summed E-state index contributed by atoms with van der Waals surface area (Å²) in [6, 6.07) is 22.8. The van der Waals surface area contributed by atoms with Gasteiger partial charge in [-0.15, -0.1) is 11.3 Å². The molecule has 0 saturated heterocycles.